The molecule has 0 aliphatic carbocycles. The summed E-state index contributed by atoms with van der Waals surface area (Å²) in [5.74, 6) is 0. The molecule has 0 saturated heterocycles. The first-order valence-electron chi connectivity index (χ1n) is 4.21. The Hall–Kier alpha value is -1.49. The van der Waals surface area contributed by atoms with E-state index in [1.807, 2.05) is 0 Å². The van der Waals surface area contributed by atoms with Crippen LogP contribution in [0.25, 0.3) is 0 Å². The molecule has 5 heteroatoms. The van der Waals surface area contributed by atoms with Crippen LogP contribution in [0.4, 0.5) is 10.1 Å². The molecule has 0 aliphatic rings. The molecule has 0 radical (unpaired) electrons. The van der Waals surface area contributed by atoms with Gasteiger partial charge in [0.25, 0.3) is 5.69 Å². The summed E-state index contributed by atoms with van der Waals surface area (Å²) in [5.41, 5.74) is 5.94. The Morgan fingerprint density at radius 2 is 2.14 bits per heavy atom. The predicted molar refractivity (Wildman–Crippen MR) is 50.6 cm³/mol. The number of hydrogen-bond acceptors (Lipinski definition) is 3. The molecule has 0 bridgehead atoms. The zero-order valence-corrected chi connectivity index (χ0v) is 7.52. The summed E-state index contributed by atoms with van der Waals surface area (Å²) >= 11 is 0. The Balaban J connectivity index is 3.00. The number of nitrogens with zero attached hydrogens (tertiary/aromatic N) is 1. The Labute approximate surface area is 80.7 Å². The molecule has 0 aliphatic heterocycles. The van der Waals surface area contributed by atoms with Gasteiger partial charge in [-0.2, -0.15) is 0 Å². The van der Waals surface area contributed by atoms with E-state index in [1.165, 1.54) is 6.07 Å². The Kier molecular flexibility index (Phi) is 3.53. The minimum Gasteiger partial charge on any atom is -0.324 e. The van der Waals surface area contributed by atoms with Crippen LogP contribution in [0, 0.1) is 10.1 Å². The topological polar surface area (TPSA) is 69.2 Å². The van der Waals surface area contributed by atoms with Crippen molar-refractivity contribution in [3.8, 4) is 0 Å². The summed E-state index contributed by atoms with van der Waals surface area (Å²) in [7, 11) is 0. The van der Waals surface area contributed by atoms with E-state index in [1.54, 1.807) is 18.2 Å². The van der Waals surface area contributed by atoms with Crippen molar-refractivity contribution < 1.29 is 9.31 Å². The Bertz CT molecular complexity index is 330. The summed E-state index contributed by atoms with van der Waals surface area (Å²) in [5, 5.41) is 10.6. The van der Waals surface area contributed by atoms with E-state index in [2.05, 4.69) is 0 Å². The van der Waals surface area contributed by atoms with E-state index in [0.29, 0.717) is 5.56 Å². The standard InChI is InChI=1S/C9H11FN2O2/c10-6-5-8(11)7-3-1-2-4-9(7)12(13)14/h1-4,8H,5-6,11H2/t8-/m1/s1. The lowest BCUT2D eigenvalue weighted by atomic mass is 10.0. The Morgan fingerprint density at radius 1 is 1.50 bits per heavy atom. The maximum atomic E-state index is 12.0. The third-order valence-corrected chi connectivity index (χ3v) is 1.95. The average Bonchev–Trinajstić information content (AvgIpc) is 2.18. The van der Waals surface area contributed by atoms with E-state index in [4.69, 9.17) is 5.73 Å². The van der Waals surface area contributed by atoms with Gasteiger partial charge in [-0.05, 0) is 6.42 Å². The number of nitro benzene ring substituents is 1. The number of alkyl halides is 1. The van der Waals surface area contributed by atoms with Gasteiger partial charge in [-0.1, -0.05) is 18.2 Å². The normalized spacial score (nSPS) is 12.4. The quantitative estimate of drug-likeness (QED) is 0.593. The molecule has 2 N–H and O–H groups in total. The van der Waals surface area contributed by atoms with E-state index in [0.717, 1.165) is 0 Å². The molecule has 0 aromatic heterocycles. The number of benzene rings is 1. The first kappa shape index (κ1) is 10.6. The average molecular weight is 198 g/mol. The highest BCUT2D eigenvalue weighted by Crippen LogP contribution is 2.24. The first-order chi connectivity index (χ1) is 6.66. The second kappa shape index (κ2) is 4.66. The summed E-state index contributed by atoms with van der Waals surface area (Å²) < 4.78 is 12.0. The number of nitro groups is 1. The van der Waals surface area contributed by atoms with E-state index in [9.17, 15) is 14.5 Å². The van der Waals surface area contributed by atoms with Crippen LogP contribution >= 0.6 is 0 Å². The first-order valence-corrected chi connectivity index (χ1v) is 4.21. The van der Waals surface area contributed by atoms with Crippen molar-refractivity contribution in [2.75, 3.05) is 6.67 Å². The van der Waals surface area contributed by atoms with Crippen LogP contribution in [0.15, 0.2) is 24.3 Å². The minimum atomic E-state index is -0.610. The van der Waals surface area contributed by atoms with Crippen molar-refractivity contribution in [2.45, 2.75) is 12.5 Å². The zero-order chi connectivity index (χ0) is 10.6. The van der Waals surface area contributed by atoms with Gasteiger partial charge < -0.3 is 5.73 Å². The van der Waals surface area contributed by atoms with Crippen molar-refractivity contribution in [3.05, 3.63) is 39.9 Å². The molecular formula is C9H11FN2O2. The van der Waals surface area contributed by atoms with Crippen LogP contribution in [0.5, 0.6) is 0 Å². The predicted octanol–water partition coefficient (Wildman–Crippen LogP) is 1.95. The van der Waals surface area contributed by atoms with Gasteiger partial charge in [0.15, 0.2) is 0 Å². The second-order valence-corrected chi connectivity index (χ2v) is 2.90. The van der Waals surface area contributed by atoms with Gasteiger partial charge in [-0.15, -0.1) is 0 Å². The van der Waals surface area contributed by atoms with Crippen molar-refractivity contribution in [2.24, 2.45) is 5.73 Å². The van der Waals surface area contributed by atoms with Gasteiger partial charge in [-0.25, -0.2) is 0 Å². The molecule has 0 unspecified atom stereocenters. The number of para-hydroxylation sites is 1. The van der Waals surface area contributed by atoms with Crippen LogP contribution < -0.4 is 5.73 Å². The van der Waals surface area contributed by atoms with Crippen molar-refractivity contribution in [3.63, 3.8) is 0 Å². The SMILES string of the molecule is N[C@H](CCF)c1ccccc1[N+](=O)[O-]. The summed E-state index contributed by atoms with van der Waals surface area (Å²) in [6, 6.07) is 5.53. The molecule has 14 heavy (non-hydrogen) atoms. The Morgan fingerprint density at radius 3 is 2.71 bits per heavy atom. The maximum Gasteiger partial charge on any atom is 0.274 e. The van der Waals surface area contributed by atoms with Crippen molar-refractivity contribution >= 4 is 5.69 Å². The van der Waals surface area contributed by atoms with Gasteiger partial charge in [0.1, 0.15) is 0 Å². The van der Waals surface area contributed by atoms with Gasteiger partial charge >= 0.3 is 0 Å². The fourth-order valence-corrected chi connectivity index (χ4v) is 1.24. The maximum absolute atomic E-state index is 12.0. The molecule has 76 valence electrons. The number of nitrogens with two attached hydrogens (primary N) is 1. The second-order valence-electron chi connectivity index (χ2n) is 2.90. The number of hydrogen-bond donors (Lipinski definition) is 1. The molecule has 0 spiro atoms. The van der Waals surface area contributed by atoms with E-state index < -0.39 is 17.6 Å². The smallest absolute Gasteiger partial charge is 0.274 e. The van der Waals surface area contributed by atoms with Crippen molar-refractivity contribution in [1.82, 2.24) is 0 Å². The number of rotatable bonds is 4. The van der Waals surface area contributed by atoms with Gasteiger partial charge in [0, 0.05) is 17.7 Å². The number of halogens is 1. The molecular weight excluding hydrogens is 187 g/mol. The third-order valence-electron chi connectivity index (χ3n) is 1.95. The third kappa shape index (κ3) is 2.26. The lowest BCUT2D eigenvalue weighted by Gasteiger charge is -2.09. The molecule has 0 amide bonds. The van der Waals surface area contributed by atoms with Gasteiger partial charge in [0.05, 0.1) is 11.6 Å². The highest BCUT2D eigenvalue weighted by atomic mass is 19.1. The van der Waals surface area contributed by atoms with Crippen LogP contribution in [-0.4, -0.2) is 11.6 Å². The highest BCUT2D eigenvalue weighted by molar-refractivity contribution is 5.41. The minimum absolute atomic E-state index is 0.0477. The summed E-state index contributed by atoms with van der Waals surface area (Å²) in [6.07, 6.45) is 0.102. The molecule has 1 aromatic rings. The lowest BCUT2D eigenvalue weighted by molar-refractivity contribution is -0.385. The molecule has 1 aromatic carbocycles. The summed E-state index contributed by atoms with van der Waals surface area (Å²) in [6.45, 7) is -0.576. The lowest BCUT2D eigenvalue weighted by Crippen LogP contribution is -2.12. The summed E-state index contributed by atoms with van der Waals surface area (Å²) in [4.78, 5) is 10.1. The monoisotopic (exact) mass is 198 g/mol. The highest BCUT2D eigenvalue weighted by Gasteiger charge is 2.17. The van der Waals surface area contributed by atoms with Crippen LogP contribution in [0.1, 0.15) is 18.0 Å². The van der Waals surface area contributed by atoms with E-state index >= 15 is 0 Å². The molecule has 0 heterocycles. The molecule has 4 nitrogen and oxygen atoms in total. The fourth-order valence-electron chi connectivity index (χ4n) is 1.24. The van der Waals surface area contributed by atoms with Crippen molar-refractivity contribution in [1.29, 1.82) is 0 Å². The van der Waals surface area contributed by atoms with Crippen LogP contribution in [0.2, 0.25) is 0 Å². The van der Waals surface area contributed by atoms with Gasteiger partial charge in [-0.3, -0.25) is 14.5 Å². The zero-order valence-electron chi connectivity index (χ0n) is 7.52. The molecule has 1 rings (SSSR count). The fraction of sp³-hybridized carbons (Fsp3) is 0.333. The van der Waals surface area contributed by atoms with Crippen LogP contribution in [0.3, 0.4) is 0 Å². The molecule has 1 atom stereocenters. The van der Waals surface area contributed by atoms with Gasteiger partial charge in [0.2, 0.25) is 0 Å². The van der Waals surface area contributed by atoms with E-state index in [-0.39, 0.29) is 12.1 Å². The molecule has 0 saturated carbocycles. The van der Waals surface area contributed by atoms with Crippen LogP contribution in [-0.2, 0) is 0 Å². The largest absolute Gasteiger partial charge is 0.324 e. The molecule has 0 fully saturated rings.